The molecule has 19 heavy (non-hydrogen) atoms. The van der Waals surface area contributed by atoms with Gasteiger partial charge in [0.25, 0.3) is 0 Å². The molecule has 0 aliphatic rings. The van der Waals surface area contributed by atoms with Crippen molar-refractivity contribution in [1.82, 2.24) is 10.6 Å². The van der Waals surface area contributed by atoms with Crippen molar-refractivity contribution in [1.29, 1.82) is 0 Å². The van der Waals surface area contributed by atoms with Gasteiger partial charge in [-0.1, -0.05) is 36.7 Å². The molecule has 0 saturated carbocycles. The van der Waals surface area contributed by atoms with Crippen LogP contribution in [-0.2, 0) is 4.79 Å². The van der Waals surface area contributed by atoms with Crippen molar-refractivity contribution in [2.75, 3.05) is 0 Å². The maximum atomic E-state index is 11.7. The van der Waals surface area contributed by atoms with Crippen molar-refractivity contribution in [2.45, 2.75) is 32.4 Å². The summed E-state index contributed by atoms with van der Waals surface area (Å²) in [5, 5.41) is 14.5. The summed E-state index contributed by atoms with van der Waals surface area (Å²) in [6.45, 7) is 3.47. The predicted molar refractivity (Wildman–Crippen MR) is 73.2 cm³/mol. The summed E-state index contributed by atoms with van der Waals surface area (Å²) in [5.74, 6) is -1.05. The first-order valence-corrected chi connectivity index (χ1v) is 6.37. The van der Waals surface area contributed by atoms with Crippen molar-refractivity contribution in [2.24, 2.45) is 0 Å². The number of carboxylic acid groups (broad SMARTS) is 1. The van der Waals surface area contributed by atoms with E-state index in [0.717, 1.165) is 5.56 Å². The summed E-state index contributed by atoms with van der Waals surface area (Å²) in [4.78, 5) is 22.5. The van der Waals surface area contributed by atoms with Gasteiger partial charge in [-0.25, -0.2) is 9.59 Å². The van der Waals surface area contributed by atoms with Gasteiger partial charge in [-0.15, -0.1) is 0 Å². The quantitative estimate of drug-likeness (QED) is 0.777. The average molecular weight is 285 g/mol. The number of benzene rings is 1. The molecule has 0 radical (unpaired) electrons. The molecule has 2 amide bonds. The minimum absolute atomic E-state index is 0.306. The number of nitrogens with one attached hydrogen (secondary N) is 2. The van der Waals surface area contributed by atoms with E-state index in [0.29, 0.717) is 11.4 Å². The Hall–Kier alpha value is -1.75. The van der Waals surface area contributed by atoms with E-state index in [1.165, 1.54) is 0 Å². The van der Waals surface area contributed by atoms with Crippen LogP contribution in [0.4, 0.5) is 4.79 Å². The number of hydrogen-bond acceptors (Lipinski definition) is 2. The molecule has 0 bridgehead atoms. The van der Waals surface area contributed by atoms with Gasteiger partial charge in [0.2, 0.25) is 0 Å². The van der Waals surface area contributed by atoms with Crippen molar-refractivity contribution in [3.05, 3.63) is 34.9 Å². The molecule has 1 aromatic rings. The standard InChI is InChI=1S/C13H17ClN2O3/c1-3-11(12(17)18)16-13(19)15-8(2)9-6-4-5-7-10(9)14/h4-8,11H,3H2,1-2H3,(H,17,18)(H2,15,16,19). The van der Waals surface area contributed by atoms with Gasteiger partial charge >= 0.3 is 12.0 Å². The fourth-order valence-electron chi connectivity index (χ4n) is 1.64. The number of amides is 2. The van der Waals surface area contributed by atoms with E-state index in [-0.39, 0.29) is 6.04 Å². The number of aliphatic carboxylic acids is 1. The Kier molecular flexibility index (Phi) is 5.63. The summed E-state index contributed by atoms with van der Waals surface area (Å²) in [7, 11) is 0. The highest BCUT2D eigenvalue weighted by molar-refractivity contribution is 6.31. The molecule has 0 aromatic heterocycles. The maximum Gasteiger partial charge on any atom is 0.326 e. The molecule has 6 heteroatoms. The zero-order valence-corrected chi connectivity index (χ0v) is 11.6. The van der Waals surface area contributed by atoms with Gasteiger partial charge in [0.05, 0.1) is 6.04 Å². The van der Waals surface area contributed by atoms with Crippen LogP contribution < -0.4 is 10.6 Å². The lowest BCUT2D eigenvalue weighted by Gasteiger charge is -2.18. The first kappa shape index (κ1) is 15.3. The van der Waals surface area contributed by atoms with E-state index >= 15 is 0 Å². The monoisotopic (exact) mass is 284 g/mol. The van der Waals surface area contributed by atoms with Crippen molar-refractivity contribution in [3.63, 3.8) is 0 Å². The number of urea groups is 1. The Morgan fingerprint density at radius 1 is 1.32 bits per heavy atom. The van der Waals surface area contributed by atoms with Crippen molar-refractivity contribution >= 4 is 23.6 Å². The third-order valence-electron chi connectivity index (χ3n) is 2.73. The molecule has 0 saturated heterocycles. The predicted octanol–water partition coefficient (Wildman–Crippen LogP) is 2.56. The molecular weight excluding hydrogens is 268 g/mol. The third kappa shape index (κ3) is 4.44. The van der Waals surface area contributed by atoms with Gasteiger partial charge in [0.15, 0.2) is 0 Å². The molecule has 0 aliphatic carbocycles. The Balaban J connectivity index is 2.62. The van der Waals surface area contributed by atoms with Crippen LogP contribution >= 0.6 is 11.6 Å². The zero-order valence-electron chi connectivity index (χ0n) is 10.8. The highest BCUT2D eigenvalue weighted by Gasteiger charge is 2.19. The van der Waals surface area contributed by atoms with E-state index in [1.807, 2.05) is 12.1 Å². The first-order valence-electron chi connectivity index (χ1n) is 6.00. The van der Waals surface area contributed by atoms with E-state index in [9.17, 15) is 9.59 Å². The summed E-state index contributed by atoms with van der Waals surface area (Å²) in [5.41, 5.74) is 0.780. The lowest BCUT2D eigenvalue weighted by atomic mass is 10.1. The Bertz CT molecular complexity index is 465. The smallest absolute Gasteiger partial charge is 0.326 e. The molecule has 0 heterocycles. The van der Waals surface area contributed by atoms with Crippen LogP contribution in [0.1, 0.15) is 31.9 Å². The van der Waals surface area contributed by atoms with E-state index in [2.05, 4.69) is 10.6 Å². The van der Waals surface area contributed by atoms with Crippen LogP contribution in [0.25, 0.3) is 0 Å². The van der Waals surface area contributed by atoms with Crippen LogP contribution in [-0.4, -0.2) is 23.1 Å². The van der Waals surface area contributed by atoms with Gasteiger partial charge in [-0.3, -0.25) is 0 Å². The molecule has 2 atom stereocenters. The van der Waals surface area contributed by atoms with Gasteiger partial charge in [-0.2, -0.15) is 0 Å². The highest BCUT2D eigenvalue weighted by Crippen LogP contribution is 2.21. The van der Waals surface area contributed by atoms with Crippen LogP contribution in [0, 0.1) is 0 Å². The average Bonchev–Trinajstić information content (AvgIpc) is 2.35. The molecule has 0 fully saturated rings. The maximum absolute atomic E-state index is 11.7. The van der Waals surface area contributed by atoms with Crippen LogP contribution in [0.2, 0.25) is 5.02 Å². The molecule has 3 N–H and O–H groups in total. The molecule has 2 unspecified atom stereocenters. The summed E-state index contributed by atoms with van der Waals surface area (Å²) >= 11 is 6.02. The van der Waals surface area contributed by atoms with Crippen LogP contribution in [0.5, 0.6) is 0 Å². The third-order valence-corrected chi connectivity index (χ3v) is 3.08. The number of carboxylic acids is 1. The largest absolute Gasteiger partial charge is 0.480 e. The zero-order chi connectivity index (χ0) is 14.4. The SMILES string of the molecule is CCC(NC(=O)NC(C)c1ccccc1Cl)C(=O)O. The van der Waals surface area contributed by atoms with Crippen molar-refractivity contribution < 1.29 is 14.7 Å². The summed E-state index contributed by atoms with van der Waals surface area (Å²) < 4.78 is 0. The fraction of sp³-hybridized carbons (Fsp3) is 0.385. The number of hydrogen-bond donors (Lipinski definition) is 3. The van der Waals surface area contributed by atoms with Gasteiger partial charge in [-0.05, 0) is 25.0 Å². The summed E-state index contributed by atoms with van der Waals surface area (Å²) in [6, 6.07) is 5.44. The Labute approximate surface area is 117 Å². The van der Waals surface area contributed by atoms with Gasteiger partial charge < -0.3 is 15.7 Å². The van der Waals surface area contributed by atoms with Gasteiger partial charge in [0.1, 0.15) is 6.04 Å². The van der Waals surface area contributed by atoms with Crippen LogP contribution in [0.15, 0.2) is 24.3 Å². The Morgan fingerprint density at radius 3 is 2.47 bits per heavy atom. The molecule has 104 valence electrons. The molecule has 1 aromatic carbocycles. The number of carbonyl (C=O) groups excluding carboxylic acids is 1. The molecule has 0 spiro atoms. The normalized spacial score (nSPS) is 13.4. The Morgan fingerprint density at radius 2 is 1.95 bits per heavy atom. The second-order valence-electron chi connectivity index (χ2n) is 4.16. The van der Waals surface area contributed by atoms with E-state index < -0.39 is 18.0 Å². The second-order valence-corrected chi connectivity index (χ2v) is 4.57. The van der Waals surface area contributed by atoms with Gasteiger partial charge in [0, 0.05) is 5.02 Å². The minimum Gasteiger partial charge on any atom is -0.480 e. The first-order chi connectivity index (χ1) is 8.95. The second kappa shape index (κ2) is 6.99. The van der Waals surface area contributed by atoms with Crippen LogP contribution in [0.3, 0.4) is 0 Å². The molecule has 1 rings (SSSR count). The molecule has 0 aliphatic heterocycles. The van der Waals surface area contributed by atoms with E-state index in [4.69, 9.17) is 16.7 Å². The number of halogens is 1. The van der Waals surface area contributed by atoms with E-state index in [1.54, 1.807) is 26.0 Å². The van der Waals surface area contributed by atoms with Crippen molar-refractivity contribution in [3.8, 4) is 0 Å². The lowest BCUT2D eigenvalue weighted by molar-refractivity contribution is -0.139. The number of carbonyl (C=O) groups is 2. The minimum atomic E-state index is -1.05. The summed E-state index contributed by atoms with van der Waals surface area (Å²) in [6.07, 6.45) is 0.323. The topological polar surface area (TPSA) is 78.4 Å². The number of rotatable bonds is 5. The highest BCUT2D eigenvalue weighted by atomic mass is 35.5. The lowest BCUT2D eigenvalue weighted by Crippen LogP contribution is -2.46. The molecular formula is C13H17ClN2O3. The molecule has 5 nitrogen and oxygen atoms in total. The fourth-order valence-corrected chi connectivity index (χ4v) is 1.94.